The molecular formula is C42H38F2N6O14. The van der Waals surface area contributed by atoms with E-state index < -0.39 is 74.7 Å². The molecule has 0 aliphatic carbocycles. The number of aromatic nitrogens is 4. The molecule has 0 amide bonds. The predicted octanol–water partition coefficient (Wildman–Crippen LogP) is 4.15. The number of nitrogens with two attached hydrogens (primary N) is 1. The molecule has 334 valence electrons. The van der Waals surface area contributed by atoms with Crippen LogP contribution in [0.15, 0.2) is 104 Å². The van der Waals surface area contributed by atoms with Crippen molar-refractivity contribution >= 4 is 23.3 Å². The fourth-order valence-corrected chi connectivity index (χ4v) is 5.60. The Kier molecular flexibility index (Phi) is 14.4. The van der Waals surface area contributed by atoms with Crippen molar-refractivity contribution < 1.29 is 51.7 Å². The van der Waals surface area contributed by atoms with Crippen molar-refractivity contribution in [3.8, 4) is 45.9 Å². The second-order valence-electron chi connectivity index (χ2n) is 13.3. The number of carbonyl (C=O) groups excluding carboxylic acids is 2. The summed E-state index contributed by atoms with van der Waals surface area (Å²) < 4.78 is 64.1. The van der Waals surface area contributed by atoms with Crippen LogP contribution < -0.4 is 47.2 Å². The number of hydrogen-bond acceptors (Lipinski definition) is 15. The van der Waals surface area contributed by atoms with Gasteiger partial charge in [-0.15, -0.1) is 0 Å². The summed E-state index contributed by atoms with van der Waals surface area (Å²) in [5, 5.41) is 11.5. The molecule has 6 rings (SSSR count). The standard InChI is InChI=1S/C21H18FN3O8.C21H20FN3O6/c1-12-8-19(26)24(21(28)23(12)2)14-10-18(15(25(29)30)9-13(14)22)33-17-7-5-4-6-16(17)32-11-20(27)31-3;1-12-8-19(26)25(21(28)24(12)2)15-10-18(14(23)9-13(15)22)31-17-7-5-4-6-16(17)30-11-20(27)29-3/h4-10H,11H2,1-3H3;4-10H,11,23H2,1-3H3. The van der Waals surface area contributed by atoms with Crippen molar-refractivity contribution in [1.29, 1.82) is 0 Å². The van der Waals surface area contributed by atoms with Crippen LogP contribution in [-0.4, -0.2) is 62.6 Å². The first-order valence-electron chi connectivity index (χ1n) is 18.5. The first-order chi connectivity index (χ1) is 30.4. The second kappa shape index (κ2) is 19.9. The zero-order valence-electron chi connectivity index (χ0n) is 34.8. The van der Waals surface area contributed by atoms with Crippen LogP contribution in [0, 0.1) is 35.6 Å². The Balaban J connectivity index is 0.000000241. The Morgan fingerprint density at radius 2 is 1.02 bits per heavy atom. The Morgan fingerprint density at radius 1 is 0.625 bits per heavy atom. The number of hydrogen-bond donors (Lipinski definition) is 1. The normalized spacial score (nSPS) is 10.6. The molecular weight excluding hydrogens is 850 g/mol. The predicted molar refractivity (Wildman–Crippen MR) is 223 cm³/mol. The van der Waals surface area contributed by atoms with E-state index in [1.165, 1.54) is 64.1 Å². The fourth-order valence-electron chi connectivity index (χ4n) is 5.60. The highest BCUT2D eigenvalue weighted by molar-refractivity contribution is 5.71. The molecule has 0 spiro atoms. The lowest BCUT2D eigenvalue weighted by Crippen LogP contribution is -2.38. The maximum absolute atomic E-state index is 14.8. The van der Waals surface area contributed by atoms with Crippen LogP contribution in [0.5, 0.6) is 34.5 Å². The SMILES string of the molecule is COC(=O)COc1ccccc1Oc1cc(-n2c(=O)cc(C)n(C)c2=O)c(F)cc1N.COC(=O)COc1ccccc1Oc1cc(-n2c(=O)cc(C)n(C)c2=O)c(F)cc1[N+](=O)[O-]. The van der Waals surface area contributed by atoms with Gasteiger partial charge >= 0.3 is 29.0 Å². The molecule has 0 fully saturated rings. The minimum absolute atomic E-state index is 0.0138. The number of nitrogens with zero attached hydrogens (tertiary/aromatic N) is 5. The Labute approximate surface area is 359 Å². The van der Waals surface area contributed by atoms with Crippen LogP contribution >= 0.6 is 0 Å². The van der Waals surface area contributed by atoms with Gasteiger partial charge in [0, 0.05) is 55.8 Å². The Bertz CT molecular complexity index is 3030. The zero-order chi connectivity index (χ0) is 47.0. The fraction of sp³-hybridized carbons (Fsp3) is 0.190. The molecule has 0 atom stereocenters. The van der Waals surface area contributed by atoms with E-state index in [9.17, 15) is 47.7 Å². The number of methoxy groups -OCH3 is 2. The Hall–Kier alpha value is -8.56. The smallest absolute Gasteiger partial charge is 0.343 e. The number of ether oxygens (including phenoxy) is 6. The van der Waals surface area contributed by atoms with Gasteiger partial charge in [0.25, 0.3) is 11.1 Å². The van der Waals surface area contributed by atoms with E-state index in [1.807, 2.05) is 0 Å². The van der Waals surface area contributed by atoms with Crippen molar-refractivity contribution in [2.75, 3.05) is 33.2 Å². The van der Waals surface area contributed by atoms with Crippen molar-refractivity contribution in [2.45, 2.75) is 13.8 Å². The highest BCUT2D eigenvalue weighted by Gasteiger charge is 2.25. The number of halogens is 2. The molecule has 0 unspecified atom stereocenters. The number of anilines is 1. The Morgan fingerprint density at radius 3 is 1.44 bits per heavy atom. The number of aryl methyl sites for hydroxylation is 2. The summed E-state index contributed by atoms with van der Waals surface area (Å²) in [5.74, 6) is -3.38. The second-order valence-corrected chi connectivity index (χ2v) is 13.3. The van der Waals surface area contributed by atoms with E-state index >= 15 is 0 Å². The van der Waals surface area contributed by atoms with Gasteiger partial charge < -0.3 is 43.3 Å². The van der Waals surface area contributed by atoms with Crippen molar-refractivity contribution in [3.63, 3.8) is 0 Å². The van der Waals surface area contributed by atoms with Crippen LogP contribution in [-0.2, 0) is 33.2 Å². The third-order valence-electron chi connectivity index (χ3n) is 9.19. The van der Waals surface area contributed by atoms with Gasteiger partial charge in [-0.25, -0.2) is 37.1 Å². The van der Waals surface area contributed by atoms with Crippen molar-refractivity contribution in [3.05, 3.63) is 160 Å². The molecule has 0 bridgehead atoms. The van der Waals surface area contributed by atoms with Gasteiger partial charge in [-0.2, -0.15) is 0 Å². The summed E-state index contributed by atoms with van der Waals surface area (Å²) >= 11 is 0. The average Bonchev–Trinajstić information content (AvgIpc) is 3.26. The van der Waals surface area contributed by atoms with E-state index in [1.54, 1.807) is 37.3 Å². The maximum Gasteiger partial charge on any atom is 0.343 e. The summed E-state index contributed by atoms with van der Waals surface area (Å²) in [6.45, 7) is 2.31. The topological polar surface area (TPSA) is 247 Å². The lowest BCUT2D eigenvalue weighted by molar-refractivity contribution is -0.385. The molecule has 0 radical (unpaired) electrons. The van der Waals surface area contributed by atoms with Gasteiger partial charge in [0.2, 0.25) is 5.75 Å². The first-order valence-corrected chi connectivity index (χ1v) is 18.5. The molecule has 0 saturated carbocycles. The minimum atomic E-state index is -1.17. The molecule has 0 aliphatic heterocycles. The van der Waals surface area contributed by atoms with Gasteiger partial charge in [-0.3, -0.25) is 19.7 Å². The van der Waals surface area contributed by atoms with E-state index in [-0.39, 0.29) is 46.7 Å². The van der Waals surface area contributed by atoms with Gasteiger partial charge in [0.05, 0.1) is 42.3 Å². The average molecular weight is 889 g/mol. The molecule has 6 aromatic rings. The highest BCUT2D eigenvalue weighted by Crippen LogP contribution is 2.39. The number of rotatable bonds is 13. The molecule has 0 saturated heterocycles. The number of para-hydroxylation sites is 4. The van der Waals surface area contributed by atoms with Gasteiger partial charge in [-0.05, 0) is 38.1 Å². The largest absolute Gasteiger partial charge is 0.478 e. The molecule has 22 heteroatoms. The van der Waals surface area contributed by atoms with Crippen LogP contribution in [0.4, 0.5) is 20.2 Å². The molecule has 2 N–H and O–H groups in total. The molecule has 64 heavy (non-hydrogen) atoms. The number of nitro benzene ring substituents is 1. The third kappa shape index (κ3) is 10.3. The van der Waals surface area contributed by atoms with E-state index in [0.717, 1.165) is 28.8 Å². The lowest BCUT2D eigenvalue weighted by Gasteiger charge is -2.15. The highest BCUT2D eigenvalue weighted by atomic mass is 19.1. The van der Waals surface area contributed by atoms with Crippen molar-refractivity contribution in [2.24, 2.45) is 14.1 Å². The van der Waals surface area contributed by atoms with Crippen molar-refractivity contribution in [1.82, 2.24) is 18.3 Å². The lowest BCUT2D eigenvalue weighted by atomic mass is 10.2. The quantitative estimate of drug-likeness (QED) is 0.0741. The van der Waals surface area contributed by atoms with Gasteiger partial charge in [0.1, 0.15) is 5.82 Å². The molecule has 0 aliphatic rings. The van der Waals surface area contributed by atoms with Gasteiger partial charge in [0.15, 0.2) is 47.8 Å². The zero-order valence-corrected chi connectivity index (χ0v) is 34.8. The summed E-state index contributed by atoms with van der Waals surface area (Å²) in [6.07, 6.45) is 0. The summed E-state index contributed by atoms with van der Waals surface area (Å²) in [6, 6.07) is 18.2. The molecule has 2 heterocycles. The number of carbonyl (C=O) groups is 2. The number of benzene rings is 4. The van der Waals surface area contributed by atoms with Crippen LogP contribution in [0.25, 0.3) is 11.4 Å². The summed E-state index contributed by atoms with van der Waals surface area (Å²) in [7, 11) is 5.26. The minimum Gasteiger partial charge on any atom is -0.478 e. The summed E-state index contributed by atoms with van der Waals surface area (Å²) in [4.78, 5) is 83.4. The van der Waals surface area contributed by atoms with E-state index in [2.05, 4.69) is 9.47 Å². The van der Waals surface area contributed by atoms with Gasteiger partial charge in [-0.1, -0.05) is 24.3 Å². The third-order valence-corrected chi connectivity index (χ3v) is 9.19. The maximum atomic E-state index is 14.8. The van der Waals surface area contributed by atoms with Crippen LogP contribution in [0.2, 0.25) is 0 Å². The molecule has 2 aromatic heterocycles. The monoisotopic (exact) mass is 888 g/mol. The molecule has 20 nitrogen and oxygen atoms in total. The van der Waals surface area contributed by atoms with Crippen LogP contribution in [0.3, 0.4) is 0 Å². The number of nitro groups is 1. The first kappa shape index (κ1) is 46.5. The van der Waals surface area contributed by atoms with E-state index in [4.69, 9.17) is 24.7 Å². The van der Waals surface area contributed by atoms with Crippen LogP contribution in [0.1, 0.15) is 11.4 Å². The number of nitrogen functional groups attached to an aromatic ring is 1. The van der Waals surface area contributed by atoms with E-state index in [0.29, 0.717) is 26.6 Å². The summed E-state index contributed by atoms with van der Waals surface area (Å²) in [5.41, 5.74) is 1.90. The molecule has 4 aromatic carbocycles. The number of esters is 2.